The van der Waals surface area contributed by atoms with Gasteiger partial charge in [-0.2, -0.15) is 0 Å². The molecule has 0 heterocycles. The maximum atomic E-state index is 2.26. The van der Waals surface area contributed by atoms with Crippen molar-refractivity contribution in [1.82, 2.24) is 0 Å². The normalized spacial score (nSPS) is 14.1. The molecular formula is C13H17N. The van der Waals surface area contributed by atoms with Crippen molar-refractivity contribution < 1.29 is 0 Å². The van der Waals surface area contributed by atoms with E-state index in [9.17, 15) is 0 Å². The first-order valence-corrected chi connectivity index (χ1v) is 5.15. The third-order valence-corrected chi connectivity index (χ3v) is 2.83. The van der Waals surface area contributed by atoms with Crippen LogP contribution in [0.1, 0.15) is 25.3 Å². The molecule has 0 saturated heterocycles. The van der Waals surface area contributed by atoms with Gasteiger partial charge in [-0.1, -0.05) is 17.7 Å². The van der Waals surface area contributed by atoms with Gasteiger partial charge in [-0.05, 0) is 43.0 Å². The fourth-order valence-corrected chi connectivity index (χ4v) is 1.66. The lowest BCUT2D eigenvalue weighted by atomic mass is 10.1. The summed E-state index contributed by atoms with van der Waals surface area (Å²) in [7, 11) is 4.16. The third kappa shape index (κ3) is 1.82. The minimum Gasteiger partial charge on any atom is -0.378 e. The number of nitrogens with zero attached hydrogens (tertiary/aromatic N) is 1. The zero-order valence-electron chi connectivity index (χ0n) is 9.17. The van der Waals surface area contributed by atoms with Gasteiger partial charge in [0, 0.05) is 19.8 Å². The van der Waals surface area contributed by atoms with E-state index < -0.39 is 0 Å². The first kappa shape index (κ1) is 9.32. The fraction of sp³-hybridized carbons (Fsp3) is 0.385. The van der Waals surface area contributed by atoms with Crippen molar-refractivity contribution >= 4 is 11.3 Å². The van der Waals surface area contributed by atoms with Gasteiger partial charge >= 0.3 is 0 Å². The number of benzene rings is 1. The molecule has 1 aliphatic rings. The van der Waals surface area contributed by atoms with Crippen LogP contribution < -0.4 is 4.90 Å². The summed E-state index contributed by atoms with van der Waals surface area (Å²) >= 11 is 0. The van der Waals surface area contributed by atoms with Gasteiger partial charge in [0.25, 0.3) is 0 Å². The van der Waals surface area contributed by atoms with E-state index in [1.54, 1.807) is 5.57 Å². The van der Waals surface area contributed by atoms with Crippen molar-refractivity contribution in [3.05, 3.63) is 35.4 Å². The number of anilines is 1. The van der Waals surface area contributed by atoms with Crippen LogP contribution in [0.25, 0.3) is 5.57 Å². The van der Waals surface area contributed by atoms with Crippen LogP contribution in [0.5, 0.6) is 0 Å². The SMILES string of the molecule is CC(=C1CC1)c1cccc(N(C)C)c1. The molecule has 1 saturated carbocycles. The Morgan fingerprint density at radius 1 is 1.21 bits per heavy atom. The Morgan fingerprint density at radius 3 is 2.50 bits per heavy atom. The van der Waals surface area contributed by atoms with Crippen molar-refractivity contribution in [2.75, 3.05) is 19.0 Å². The monoisotopic (exact) mass is 187 g/mol. The van der Waals surface area contributed by atoms with Gasteiger partial charge < -0.3 is 4.90 Å². The number of allylic oxidation sites excluding steroid dienone is 2. The summed E-state index contributed by atoms with van der Waals surface area (Å²) in [4.78, 5) is 2.15. The second kappa shape index (κ2) is 3.49. The summed E-state index contributed by atoms with van der Waals surface area (Å²) in [6.45, 7) is 2.23. The number of hydrogen-bond acceptors (Lipinski definition) is 1. The topological polar surface area (TPSA) is 3.24 Å². The Bertz CT molecular complexity index is 369. The summed E-state index contributed by atoms with van der Waals surface area (Å²) in [6.07, 6.45) is 2.61. The molecule has 14 heavy (non-hydrogen) atoms. The molecule has 2 rings (SSSR count). The minimum atomic E-state index is 1.28. The molecule has 1 aromatic rings. The highest BCUT2D eigenvalue weighted by molar-refractivity contribution is 5.72. The van der Waals surface area contributed by atoms with Crippen LogP contribution in [0.4, 0.5) is 5.69 Å². The molecular weight excluding hydrogens is 170 g/mol. The van der Waals surface area contributed by atoms with Crippen LogP contribution in [0.2, 0.25) is 0 Å². The Hall–Kier alpha value is -1.24. The fourth-order valence-electron chi connectivity index (χ4n) is 1.66. The minimum absolute atomic E-state index is 1.28. The van der Waals surface area contributed by atoms with E-state index in [1.807, 2.05) is 0 Å². The molecule has 0 N–H and O–H groups in total. The maximum Gasteiger partial charge on any atom is 0.0367 e. The summed E-state index contributed by atoms with van der Waals surface area (Å²) < 4.78 is 0. The Morgan fingerprint density at radius 2 is 1.93 bits per heavy atom. The molecule has 1 fully saturated rings. The van der Waals surface area contributed by atoms with E-state index in [0.717, 1.165) is 0 Å². The van der Waals surface area contributed by atoms with Crippen molar-refractivity contribution in [2.24, 2.45) is 0 Å². The molecule has 0 radical (unpaired) electrons. The summed E-state index contributed by atoms with van der Waals surface area (Å²) in [5.41, 5.74) is 5.77. The standard InChI is InChI=1S/C13H17N/c1-10(11-7-8-11)12-5-4-6-13(9-12)14(2)3/h4-6,9H,7-8H2,1-3H3. The van der Waals surface area contributed by atoms with Crippen molar-refractivity contribution in [2.45, 2.75) is 19.8 Å². The third-order valence-electron chi connectivity index (χ3n) is 2.83. The predicted octanol–water partition coefficient (Wildman–Crippen LogP) is 3.32. The summed E-state index contributed by atoms with van der Waals surface area (Å²) in [5, 5.41) is 0. The van der Waals surface area contributed by atoms with Crippen molar-refractivity contribution in [3.8, 4) is 0 Å². The largest absolute Gasteiger partial charge is 0.378 e. The molecule has 0 aromatic heterocycles. The van der Waals surface area contributed by atoms with Gasteiger partial charge in [-0.25, -0.2) is 0 Å². The first-order valence-electron chi connectivity index (χ1n) is 5.15. The van der Waals surface area contributed by atoms with Gasteiger partial charge in [0.05, 0.1) is 0 Å². The molecule has 0 bridgehead atoms. The van der Waals surface area contributed by atoms with Crippen LogP contribution >= 0.6 is 0 Å². The van der Waals surface area contributed by atoms with E-state index >= 15 is 0 Å². The van der Waals surface area contributed by atoms with Gasteiger partial charge in [0.1, 0.15) is 0 Å². The van der Waals surface area contributed by atoms with Gasteiger partial charge in [0.2, 0.25) is 0 Å². The maximum absolute atomic E-state index is 2.26. The van der Waals surface area contributed by atoms with E-state index in [-0.39, 0.29) is 0 Å². The quantitative estimate of drug-likeness (QED) is 0.686. The van der Waals surface area contributed by atoms with Crippen molar-refractivity contribution in [3.63, 3.8) is 0 Å². The Balaban J connectivity index is 2.35. The Labute approximate surface area is 86.1 Å². The average molecular weight is 187 g/mol. The van der Waals surface area contributed by atoms with Crippen molar-refractivity contribution in [1.29, 1.82) is 0 Å². The second-order valence-electron chi connectivity index (χ2n) is 4.17. The highest BCUT2D eigenvalue weighted by Crippen LogP contribution is 2.36. The number of hydrogen-bond donors (Lipinski definition) is 0. The average Bonchev–Trinajstić information content (AvgIpc) is 3.00. The molecule has 0 unspecified atom stereocenters. The predicted molar refractivity (Wildman–Crippen MR) is 62.6 cm³/mol. The van der Waals surface area contributed by atoms with Gasteiger partial charge in [-0.15, -0.1) is 0 Å². The van der Waals surface area contributed by atoms with E-state index in [1.165, 1.54) is 29.7 Å². The van der Waals surface area contributed by atoms with Gasteiger partial charge in [0.15, 0.2) is 0 Å². The molecule has 0 spiro atoms. The Kier molecular flexibility index (Phi) is 2.32. The van der Waals surface area contributed by atoms with E-state index in [0.29, 0.717) is 0 Å². The van der Waals surface area contributed by atoms with E-state index in [2.05, 4.69) is 50.2 Å². The van der Waals surface area contributed by atoms with Crippen LogP contribution in [0.3, 0.4) is 0 Å². The molecule has 0 aliphatic heterocycles. The van der Waals surface area contributed by atoms with Gasteiger partial charge in [-0.3, -0.25) is 0 Å². The lowest BCUT2D eigenvalue weighted by Gasteiger charge is -2.13. The smallest absolute Gasteiger partial charge is 0.0367 e. The zero-order valence-corrected chi connectivity index (χ0v) is 9.17. The summed E-state index contributed by atoms with van der Waals surface area (Å²) in [5.74, 6) is 0. The zero-order chi connectivity index (χ0) is 10.1. The second-order valence-corrected chi connectivity index (χ2v) is 4.17. The lowest BCUT2D eigenvalue weighted by Crippen LogP contribution is -2.08. The molecule has 1 aliphatic carbocycles. The summed E-state index contributed by atoms with van der Waals surface area (Å²) in [6, 6.07) is 8.75. The highest BCUT2D eigenvalue weighted by atomic mass is 15.1. The van der Waals surface area contributed by atoms with E-state index in [4.69, 9.17) is 0 Å². The molecule has 1 aromatic carbocycles. The highest BCUT2D eigenvalue weighted by Gasteiger charge is 2.15. The molecule has 0 amide bonds. The van der Waals surface area contributed by atoms with Crippen LogP contribution in [-0.2, 0) is 0 Å². The van der Waals surface area contributed by atoms with Crippen LogP contribution in [0.15, 0.2) is 29.8 Å². The molecule has 74 valence electrons. The number of rotatable bonds is 2. The van der Waals surface area contributed by atoms with Crippen LogP contribution in [0, 0.1) is 0 Å². The molecule has 0 atom stereocenters. The molecule has 1 nitrogen and oxygen atoms in total. The lowest BCUT2D eigenvalue weighted by molar-refractivity contribution is 1.13. The first-order chi connectivity index (χ1) is 6.68. The molecule has 1 heteroatoms. The van der Waals surface area contributed by atoms with Crippen LogP contribution in [-0.4, -0.2) is 14.1 Å².